The van der Waals surface area contributed by atoms with Crippen LogP contribution in [-0.2, 0) is 9.59 Å². The first-order valence-corrected chi connectivity index (χ1v) is 12.2. The second-order valence-corrected chi connectivity index (χ2v) is 9.50. The fourth-order valence-electron chi connectivity index (χ4n) is 5.39. The van der Waals surface area contributed by atoms with Crippen molar-refractivity contribution in [1.82, 2.24) is 14.8 Å². The number of benzene rings is 1. The van der Waals surface area contributed by atoms with Crippen LogP contribution < -0.4 is 10.2 Å². The van der Waals surface area contributed by atoms with E-state index in [2.05, 4.69) is 15.2 Å². The monoisotopic (exact) mass is 461 g/mol. The van der Waals surface area contributed by atoms with Crippen molar-refractivity contribution in [2.75, 3.05) is 49.5 Å². The van der Waals surface area contributed by atoms with Gasteiger partial charge in [-0.05, 0) is 55.9 Å². The summed E-state index contributed by atoms with van der Waals surface area (Å²) >= 11 is 0. The molecule has 3 amide bonds. The van der Waals surface area contributed by atoms with Crippen molar-refractivity contribution in [2.24, 2.45) is 11.8 Å². The molecule has 1 saturated carbocycles. The van der Waals surface area contributed by atoms with Crippen molar-refractivity contribution in [2.45, 2.75) is 25.7 Å². The van der Waals surface area contributed by atoms with Crippen LogP contribution in [0.25, 0.3) is 0 Å². The molecule has 0 spiro atoms. The Morgan fingerprint density at radius 1 is 0.941 bits per heavy atom. The number of fused-ring (bicyclic) bond motifs is 1. The number of aromatic nitrogens is 1. The van der Waals surface area contributed by atoms with Crippen LogP contribution in [-0.4, -0.2) is 71.8 Å². The molecule has 1 aromatic heterocycles. The summed E-state index contributed by atoms with van der Waals surface area (Å²) in [6, 6.07) is 13.1. The molecule has 8 heteroatoms. The van der Waals surface area contributed by atoms with Crippen LogP contribution >= 0.6 is 0 Å². The van der Waals surface area contributed by atoms with Gasteiger partial charge in [-0.25, -0.2) is 4.98 Å². The normalized spacial score (nSPS) is 23.2. The molecule has 8 nitrogen and oxygen atoms in total. The van der Waals surface area contributed by atoms with E-state index in [1.54, 1.807) is 23.2 Å². The Balaban J connectivity index is 1.12. The van der Waals surface area contributed by atoms with E-state index in [4.69, 9.17) is 0 Å². The molecule has 0 unspecified atom stereocenters. The summed E-state index contributed by atoms with van der Waals surface area (Å²) in [4.78, 5) is 48.8. The number of nitrogens with one attached hydrogen (secondary N) is 1. The summed E-state index contributed by atoms with van der Waals surface area (Å²) in [5.74, 6) is 1.34. The Bertz CT molecular complexity index is 1040. The highest BCUT2D eigenvalue weighted by Gasteiger charge is 2.33. The molecule has 5 rings (SSSR count). The van der Waals surface area contributed by atoms with E-state index in [1.807, 2.05) is 35.2 Å². The molecular weight excluding hydrogens is 430 g/mol. The minimum Gasteiger partial charge on any atom is -0.353 e. The van der Waals surface area contributed by atoms with Gasteiger partial charge in [0.05, 0.1) is 11.3 Å². The number of carbonyl (C=O) groups excluding carboxylic acids is 3. The number of para-hydroxylation sites is 1. The van der Waals surface area contributed by atoms with Crippen LogP contribution in [0.2, 0.25) is 0 Å². The highest BCUT2D eigenvalue weighted by molar-refractivity contribution is 6.08. The maximum atomic E-state index is 13.1. The molecule has 1 N–H and O–H groups in total. The van der Waals surface area contributed by atoms with Gasteiger partial charge in [0, 0.05) is 44.8 Å². The first-order chi connectivity index (χ1) is 16.6. The van der Waals surface area contributed by atoms with Crippen molar-refractivity contribution in [1.29, 1.82) is 0 Å². The lowest BCUT2D eigenvalue weighted by Gasteiger charge is -2.38. The second kappa shape index (κ2) is 9.83. The van der Waals surface area contributed by atoms with E-state index in [1.165, 1.54) is 0 Å². The van der Waals surface area contributed by atoms with E-state index in [9.17, 15) is 14.4 Å². The first-order valence-electron chi connectivity index (χ1n) is 12.2. The fraction of sp³-hybridized carbons (Fsp3) is 0.462. The predicted molar refractivity (Wildman–Crippen MR) is 129 cm³/mol. The van der Waals surface area contributed by atoms with E-state index in [-0.39, 0.29) is 30.2 Å². The Labute approximate surface area is 199 Å². The fourth-order valence-corrected chi connectivity index (χ4v) is 5.39. The smallest absolute Gasteiger partial charge is 0.256 e. The minimum atomic E-state index is -0.160. The van der Waals surface area contributed by atoms with Crippen LogP contribution in [0, 0.1) is 11.8 Å². The molecule has 2 aliphatic heterocycles. The van der Waals surface area contributed by atoms with Crippen LogP contribution in [0.4, 0.5) is 11.5 Å². The van der Waals surface area contributed by atoms with Crippen molar-refractivity contribution in [3.8, 4) is 0 Å². The number of pyridine rings is 1. The molecule has 3 heterocycles. The molecule has 0 atom stereocenters. The number of piperazine rings is 1. The predicted octanol–water partition coefficient (Wildman–Crippen LogP) is 2.63. The number of hydrogen-bond donors (Lipinski definition) is 1. The van der Waals surface area contributed by atoms with Gasteiger partial charge in [-0.15, -0.1) is 0 Å². The summed E-state index contributed by atoms with van der Waals surface area (Å²) in [7, 11) is 0. The molecule has 0 radical (unpaired) electrons. The maximum Gasteiger partial charge on any atom is 0.256 e. The Hall–Kier alpha value is -3.42. The van der Waals surface area contributed by atoms with Gasteiger partial charge in [-0.2, -0.15) is 0 Å². The Kier molecular flexibility index (Phi) is 6.47. The average Bonchev–Trinajstić information content (AvgIpc) is 3.00. The third kappa shape index (κ3) is 4.76. The topological polar surface area (TPSA) is 85.9 Å². The molecule has 2 aromatic rings. The van der Waals surface area contributed by atoms with Crippen LogP contribution in [0.5, 0.6) is 0 Å². The summed E-state index contributed by atoms with van der Waals surface area (Å²) in [5, 5.41) is 2.83. The molecule has 2 fully saturated rings. The largest absolute Gasteiger partial charge is 0.353 e. The van der Waals surface area contributed by atoms with Crippen molar-refractivity contribution in [3.05, 3.63) is 54.2 Å². The van der Waals surface area contributed by atoms with Gasteiger partial charge in [0.15, 0.2) is 0 Å². The van der Waals surface area contributed by atoms with Crippen LogP contribution in [0.1, 0.15) is 36.0 Å². The minimum absolute atomic E-state index is 0.0570. The van der Waals surface area contributed by atoms with Crippen molar-refractivity contribution >= 4 is 29.2 Å². The average molecular weight is 462 g/mol. The van der Waals surface area contributed by atoms with Gasteiger partial charge in [-0.1, -0.05) is 18.2 Å². The Morgan fingerprint density at radius 3 is 2.41 bits per heavy atom. The third-order valence-corrected chi connectivity index (χ3v) is 7.29. The molecule has 3 aliphatic rings. The SMILES string of the molecule is O=C1CN(C[C@H]2CC[C@H](C(=O)N3CCN(c4ccccn4)CC3)CC2)C(=O)c2ccccc2N1. The molecule has 178 valence electrons. The standard InChI is InChI=1S/C26H31N5O3/c32-24-18-31(26(34)21-5-1-2-6-22(21)28-24)17-19-8-10-20(11-9-19)25(33)30-15-13-29(14-16-30)23-7-3-4-12-27-23/h1-7,12,19-20H,8-11,13-18H2,(H,28,32)/t19-,20-. The van der Waals surface area contributed by atoms with Gasteiger partial charge >= 0.3 is 0 Å². The molecule has 0 bridgehead atoms. The van der Waals surface area contributed by atoms with Gasteiger partial charge in [0.2, 0.25) is 11.8 Å². The molecule has 1 aromatic carbocycles. The van der Waals surface area contributed by atoms with Gasteiger partial charge in [0.25, 0.3) is 5.91 Å². The van der Waals surface area contributed by atoms with E-state index in [0.717, 1.165) is 57.7 Å². The molecule has 1 aliphatic carbocycles. The quantitative estimate of drug-likeness (QED) is 0.757. The van der Waals surface area contributed by atoms with Crippen LogP contribution in [0.15, 0.2) is 48.7 Å². The number of anilines is 2. The third-order valence-electron chi connectivity index (χ3n) is 7.29. The number of nitrogens with zero attached hydrogens (tertiary/aromatic N) is 4. The van der Waals surface area contributed by atoms with Gasteiger partial charge < -0.3 is 20.0 Å². The van der Waals surface area contributed by atoms with Gasteiger partial charge in [0.1, 0.15) is 12.4 Å². The first kappa shape index (κ1) is 22.4. The molecule has 34 heavy (non-hydrogen) atoms. The Morgan fingerprint density at radius 2 is 1.68 bits per heavy atom. The second-order valence-electron chi connectivity index (χ2n) is 9.50. The molecular formula is C26H31N5O3. The number of carbonyl (C=O) groups is 3. The zero-order valence-electron chi connectivity index (χ0n) is 19.4. The number of amides is 3. The van der Waals surface area contributed by atoms with Crippen LogP contribution in [0.3, 0.4) is 0 Å². The highest BCUT2D eigenvalue weighted by atomic mass is 16.2. The zero-order chi connectivity index (χ0) is 23.5. The van der Waals surface area contributed by atoms with E-state index < -0.39 is 0 Å². The summed E-state index contributed by atoms with van der Waals surface area (Å²) in [6.07, 6.45) is 5.29. The van der Waals surface area contributed by atoms with Gasteiger partial charge in [-0.3, -0.25) is 14.4 Å². The lowest BCUT2D eigenvalue weighted by molar-refractivity contribution is -0.137. The molecule has 1 saturated heterocycles. The zero-order valence-corrected chi connectivity index (χ0v) is 19.4. The lowest BCUT2D eigenvalue weighted by atomic mass is 9.81. The van der Waals surface area contributed by atoms with Crippen molar-refractivity contribution < 1.29 is 14.4 Å². The number of rotatable bonds is 4. The maximum absolute atomic E-state index is 13.1. The number of hydrogen-bond acceptors (Lipinski definition) is 5. The highest BCUT2D eigenvalue weighted by Crippen LogP contribution is 2.32. The summed E-state index contributed by atoms with van der Waals surface area (Å²) in [5.41, 5.74) is 1.12. The lowest BCUT2D eigenvalue weighted by Crippen LogP contribution is -2.51. The summed E-state index contributed by atoms with van der Waals surface area (Å²) in [6.45, 7) is 3.70. The van der Waals surface area contributed by atoms with E-state index >= 15 is 0 Å². The summed E-state index contributed by atoms with van der Waals surface area (Å²) < 4.78 is 0. The van der Waals surface area contributed by atoms with E-state index in [0.29, 0.717) is 23.7 Å². The van der Waals surface area contributed by atoms with Crippen molar-refractivity contribution in [3.63, 3.8) is 0 Å².